The van der Waals surface area contributed by atoms with Gasteiger partial charge in [-0.05, 0) is 31.4 Å². The lowest BCUT2D eigenvalue weighted by Crippen LogP contribution is -2.29. The highest BCUT2D eigenvalue weighted by Gasteiger charge is 2.16. The zero-order valence-electron chi connectivity index (χ0n) is 17.1. The number of nitrogens with one attached hydrogen (secondary N) is 1. The highest BCUT2D eigenvalue weighted by atomic mass is 16.4. The molecule has 2 aromatic carbocycles. The minimum absolute atomic E-state index is 0.131. The van der Waals surface area contributed by atoms with Crippen LogP contribution in [0, 0.1) is 0 Å². The number of oxime groups is 2. The Bertz CT molecular complexity index is 817. The van der Waals surface area contributed by atoms with Crippen LogP contribution in [-0.2, 0) is 0 Å². The van der Waals surface area contributed by atoms with Crippen LogP contribution in [0.25, 0.3) is 0 Å². The summed E-state index contributed by atoms with van der Waals surface area (Å²) < 4.78 is 0. The van der Waals surface area contributed by atoms with E-state index in [0.29, 0.717) is 37.4 Å². The summed E-state index contributed by atoms with van der Waals surface area (Å²) in [4.78, 5) is 4.70. The summed E-state index contributed by atoms with van der Waals surface area (Å²) in [7, 11) is 0. The topological polar surface area (TPSA) is 89.6 Å². The van der Waals surface area contributed by atoms with E-state index in [4.69, 9.17) is 4.99 Å². The van der Waals surface area contributed by atoms with Crippen molar-refractivity contribution in [2.24, 2.45) is 15.3 Å². The smallest absolute Gasteiger partial charge is 0.105 e. The summed E-state index contributed by atoms with van der Waals surface area (Å²) >= 11 is 0. The van der Waals surface area contributed by atoms with Crippen LogP contribution >= 0.6 is 0 Å². The van der Waals surface area contributed by atoms with Crippen LogP contribution in [0.1, 0.15) is 50.3 Å². The maximum absolute atomic E-state index is 9.36. The number of hydrogen-bond acceptors (Lipinski definition) is 6. The Morgan fingerprint density at radius 1 is 0.897 bits per heavy atom. The molecule has 1 atom stereocenters. The normalized spacial score (nSPS) is 14.1. The molecule has 0 radical (unpaired) electrons. The number of rotatable bonds is 11. The van der Waals surface area contributed by atoms with Gasteiger partial charge >= 0.3 is 0 Å². The molecule has 29 heavy (non-hydrogen) atoms. The van der Waals surface area contributed by atoms with Crippen molar-refractivity contribution >= 4 is 17.1 Å². The Hall–Kier alpha value is -2.99. The van der Waals surface area contributed by atoms with Crippen LogP contribution in [-0.4, -0.2) is 40.6 Å². The molecule has 2 rings (SSSR count). The predicted octanol–water partition coefficient (Wildman–Crippen LogP) is 4.68. The largest absolute Gasteiger partial charge is 0.411 e. The first-order valence-electron chi connectivity index (χ1n) is 10.0. The molecule has 0 heterocycles. The zero-order valence-corrected chi connectivity index (χ0v) is 17.1. The van der Waals surface area contributed by atoms with Gasteiger partial charge < -0.3 is 15.7 Å². The number of nitrogens with zero attached hydrogens (tertiary/aromatic N) is 3. The molecule has 0 aliphatic heterocycles. The fraction of sp³-hybridized carbons (Fsp3) is 0.348. The van der Waals surface area contributed by atoms with Crippen LogP contribution in [0.3, 0.4) is 0 Å². The highest BCUT2D eigenvalue weighted by Crippen LogP contribution is 2.16. The fourth-order valence-electron chi connectivity index (χ4n) is 3.15. The summed E-state index contributed by atoms with van der Waals surface area (Å²) in [6.07, 6.45) is 2.06. The highest BCUT2D eigenvalue weighted by molar-refractivity contribution is 6.48. The molecule has 0 saturated carbocycles. The molecule has 3 N–H and O–H groups in total. The van der Waals surface area contributed by atoms with Crippen LogP contribution in [0.2, 0.25) is 0 Å². The van der Waals surface area contributed by atoms with Crippen molar-refractivity contribution in [3.63, 3.8) is 0 Å². The first-order valence-corrected chi connectivity index (χ1v) is 10.0. The lowest BCUT2D eigenvalue weighted by Gasteiger charge is -2.19. The van der Waals surface area contributed by atoms with Crippen molar-refractivity contribution in [3.05, 3.63) is 71.8 Å². The molecule has 2 aromatic rings. The van der Waals surface area contributed by atoms with E-state index in [1.807, 2.05) is 74.5 Å². The minimum atomic E-state index is -0.131. The molecule has 0 fully saturated rings. The van der Waals surface area contributed by atoms with Gasteiger partial charge in [0.25, 0.3) is 0 Å². The van der Waals surface area contributed by atoms with Gasteiger partial charge in [-0.1, -0.05) is 84.8 Å². The van der Waals surface area contributed by atoms with E-state index in [0.717, 1.165) is 23.3 Å². The van der Waals surface area contributed by atoms with Crippen molar-refractivity contribution in [2.45, 2.75) is 39.2 Å². The van der Waals surface area contributed by atoms with E-state index in [9.17, 15) is 10.4 Å². The number of benzene rings is 2. The molecule has 0 saturated heterocycles. The predicted molar refractivity (Wildman–Crippen MR) is 119 cm³/mol. The molecule has 0 aliphatic carbocycles. The maximum atomic E-state index is 9.36. The molecule has 6 heteroatoms. The van der Waals surface area contributed by atoms with Crippen LogP contribution in [0.5, 0.6) is 0 Å². The molecule has 154 valence electrons. The van der Waals surface area contributed by atoms with E-state index in [-0.39, 0.29) is 6.04 Å². The molecule has 0 aliphatic rings. The van der Waals surface area contributed by atoms with Gasteiger partial charge in [-0.15, -0.1) is 0 Å². The summed E-state index contributed by atoms with van der Waals surface area (Å²) in [6.45, 7) is 5.22. The number of hydrogen-bond donors (Lipinski definition) is 3. The molecule has 0 aromatic heterocycles. The van der Waals surface area contributed by atoms with Gasteiger partial charge in [-0.25, -0.2) is 0 Å². The van der Waals surface area contributed by atoms with Crippen LogP contribution < -0.4 is 5.32 Å². The Balaban J connectivity index is 2.04. The van der Waals surface area contributed by atoms with Gasteiger partial charge in [0.2, 0.25) is 0 Å². The Morgan fingerprint density at radius 3 is 2.10 bits per heavy atom. The zero-order chi connectivity index (χ0) is 20.9. The SMILES string of the molecule is CC/C(=N/O)C(=NCCCNC(/C(CC)=N\O)c1ccccc1)c1ccccc1. The van der Waals surface area contributed by atoms with Crippen molar-refractivity contribution in [3.8, 4) is 0 Å². The van der Waals surface area contributed by atoms with E-state index >= 15 is 0 Å². The fourth-order valence-corrected chi connectivity index (χ4v) is 3.15. The van der Waals surface area contributed by atoms with Gasteiger partial charge in [0.05, 0.1) is 17.5 Å². The van der Waals surface area contributed by atoms with E-state index in [2.05, 4.69) is 15.6 Å². The monoisotopic (exact) mass is 394 g/mol. The third-order valence-electron chi connectivity index (χ3n) is 4.69. The standard InChI is InChI=1S/C23H30N4O2/c1-3-20(26-28)22(18-12-7-5-8-13-18)24-16-11-17-25-23(21(4-2)27-29)19-14-9-6-10-15-19/h5-10,12-15,22,24,28-29H,3-4,11,16-17H2,1-2H3/b25-23?,26-20-,27-21-. The van der Waals surface area contributed by atoms with Crippen molar-refractivity contribution in [1.82, 2.24) is 5.32 Å². The van der Waals surface area contributed by atoms with Crippen molar-refractivity contribution < 1.29 is 10.4 Å². The van der Waals surface area contributed by atoms with E-state index in [1.165, 1.54) is 0 Å². The van der Waals surface area contributed by atoms with Crippen molar-refractivity contribution in [1.29, 1.82) is 0 Å². The van der Waals surface area contributed by atoms with E-state index in [1.54, 1.807) is 0 Å². The van der Waals surface area contributed by atoms with Gasteiger partial charge in [-0.2, -0.15) is 0 Å². The average Bonchev–Trinajstić information content (AvgIpc) is 2.79. The summed E-state index contributed by atoms with van der Waals surface area (Å²) in [5.41, 5.74) is 4.01. The Kier molecular flexibility index (Phi) is 9.59. The average molecular weight is 395 g/mol. The Labute approximate surface area is 172 Å². The lowest BCUT2D eigenvalue weighted by molar-refractivity contribution is 0.314. The molecule has 0 bridgehead atoms. The van der Waals surface area contributed by atoms with Crippen LogP contribution in [0.4, 0.5) is 0 Å². The lowest BCUT2D eigenvalue weighted by atomic mass is 10.0. The maximum Gasteiger partial charge on any atom is 0.105 e. The third kappa shape index (κ3) is 6.54. The van der Waals surface area contributed by atoms with Crippen molar-refractivity contribution in [2.75, 3.05) is 13.1 Å². The molecular formula is C23H30N4O2. The summed E-state index contributed by atoms with van der Waals surface area (Å²) in [6, 6.07) is 19.6. The molecule has 1 unspecified atom stereocenters. The molecular weight excluding hydrogens is 364 g/mol. The van der Waals surface area contributed by atoms with Gasteiger partial charge in [0, 0.05) is 12.1 Å². The summed E-state index contributed by atoms with van der Waals surface area (Å²) in [5, 5.41) is 29.1. The minimum Gasteiger partial charge on any atom is -0.411 e. The van der Waals surface area contributed by atoms with Gasteiger partial charge in [0.15, 0.2) is 0 Å². The van der Waals surface area contributed by atoms with Gasteiger partial charge in [-0.3, -0.25) is 4.99 Å². The first-order chi connectivity index (χ1) is 14.2. The summed E-state index contributed by atoms with van der Waals surface area (Å²) in [5.74, 6) is 0. The Morgan fingerprint density at radius 2 is 1.55 bits per heavy atom. The second kappa shape index (κ2) is 12.5. The van der Waals surface area contributed by atoms with Crippen LogP contribution in [0.15, 0.2) is 76.0 Å². The second-order valence-electron chi connectivity index (χ2n) is 6.59. The molecule has 0 amide bonds. The second-order valence-corrected chi connectivity index (χ2v) is 6.59. The van der Waals surface area contributed by atoms with E-state index < -0.39 is 0 Å². The molecule has 0 spiro atoms. The first kappa shape index (κ1) is 22.3. The van der Waals surface area contributed by atoms with Gasteiger partial charge in [0.1, 0.15) is 5.71 Å². The number of aliphatic imine (C=N–C) groups is 1. The third-order valence-corrected chi connectivity index (χ3v) is 4.69. The molecule has 6 nitrogen and oxygen atoms in total. The quantitative estimate of drug-likeness (QED) is 0.224.